The van der Waals surface area contributed by atoms with E-state index in [1.165, 1.54) is 12.1 Å². The third kappa shape index (κ3) is 3.05. The number of anilines is 1. The zero-order valence-corrected chi connectivity index (χ0v) is 15.3. The highest BCUT2D eigenvalue weighted by molar-refractivity contribution is 7.89. The van der Waals surface area contributed by atoms with Crippen molar-refractivity contribution in [3.8, 4) is 16.9 Å². The number of aryl methyl sites for hydroxylation is 1. The van der Waals surface area contributed by atoms with Crippen LogP contribution in [-0.2, 0) is 10.0 Å². The van der Waals surface area contributed by atoms with E-state index in [0.717, 1.165) is 22.2 Å². The minimum Gasteiger partial charge on any atom is -0.384 e. The number of primary sulfonamides is 1. The summed E-state index contributed by atoms with van der Waals surface area (Å²) >= 11 is 0. The molecule has 0 spiro atoms. The van der Waals surface area contributed by atoms with Gasteiger partial charge in [0.15, 0.2) is 5.65 Å². The zero-order chi connectivity index (χ0) is 19.2. The molecule has 0 unspecified atom stereocenters. The first-order chi connectivity index (χ1) is 12.8. The Morgan fingerprint density at radius 2 is 1.67 bits per heavy atom. The molecule has 0 bridgehead atoms. The van der Waals surface area contributed by atoms with Crippen LogP contribution < -0.4 is 10.9 Å². The molecular weight excluding hydrogens is 362 g/mol. The molecule has 0 aliphatic heterocycles. The van der Waals surface area contributed by atoms with Crippen LogP contribution in [0, 0.1) is 6.92 Å². The monoisotopic (exact) mass is 379 g/mol. The number of benzene rings is 2. The molecule has 27 heavy (non-hydrogen) atoms. The lowest BCUT2D eigenvalue weighted by Crippen LogP contribution is -2.12. The minimum absolute atomic E-state index is 0.0367. The first-order valence-corrected chi connectivity index (χ1v) is 9.74. The van der Waals surface area contributed by atoms with E-state index in [9.17, 15) is 8.42 Å². The maximum Gasteiger partial charge on any atom is 0.238 e. The molecule has 0 atom stereocenters. The smallest absolute Gasteiger partial charge is 0.238 e. The van der Waals surface area contributed by atoms with Crippen LogP contribution in [0.3, 0.4) is 0 Å². The third-order valence-electron chi connectivity index (χ3n) is 4.31. The van der Waals surface area contributed by atoms with Crippen molar-refractivity contribution in [2.45, 2.75) is 11.8 Å². The summed E-state index contributed by atoms with van der Waals surface area (Å²) in [6.07, 6.45) is 0. The quantitative estimate of drug-likeness (QED) is 0.567. The second-order valence-electron chi connectivity index (χ2n) is 6.23. The van der Waals surface area contributed by atoms with Crippen LogP contribution in [-0.4, -0.2) is 23.2 Å². The molecule has 4 N–H and O–H groups in total. The van der Waals surface area contributed by atoms with Crippen molar-refractivity contribution in [2.24, 2.45) is 5.14 Å². The fourth-order valence-corrected chi connectivity index (χ4v) is 3.59. The zero-order valence-electron chi connectivity index (χ0n) is 14.5. The molecule has 0 saturated heterocycles. The standard InChI is InChI=1S/C19H17N5O2S/c1-12-11-16(20)22-19-17(12)18(13-5-3-2-4-6-13)23-24(19)14-7-9-15(10-8-14)27(21,25)26/h2-11H,1H3,(H2,20,22)(H2,21,25,26). The molecule has 136 valence electrons. The lowest BCUT2D eigenvalue weighted by Gasteiger charge is -2.05. The molecule has 7 nitrogen and oxygen atoms in total. The largest absolute Gasteiger partial charge is 0.384 e. The number of nitrogens with two attached hydrogens (primary N) is 2. The van der Waals surface area contributed by atoms with Crippen LogP contribution in [0.2, 0.25) is 0 Å². The molecule has 2 aromatic heterocycles. The molecular formula is C19H17N5O2S. The SMILES string of the molecule is Cc1cc(N)nc2c1c(-c1ccccc1)nn2-c1ccc(S(N)(=O)=O)cc1. The Kier molecular flexibility index (Phi) is 3.94. The Balaban J connectivity index is 1.99. The van der Waals surface area contributed by atoms with Gasteiger partial charge in [-0.2, -0.15) is 5.10 Å². The molecule has 0 aliphatic rings. The fourth-order valence-electron chi connectivity index (χ4n) is 3.08. The van der Waals surface area contributed by atoms with E-state index in [1.54, 1.807) is 16.8 Å². The highest BCUT2D eigenvalue weighted by Gasteiger charge is 2.18. The first-order valence-electron chi connectivity index (χ1n) is 8.19. The number of rotatable bonds is 3. The molecule has 2 heterocycles. The minimum atomic E-state index is -3.76. The number of nitrogen functional groups attached to an aromatic ring is 1. The molecule has 0 fully saturated rings. The van der Waals surface area contributed by atoms with Crippen LogP contribution in [0.4, 0.5) is 5.82 Å². The number of aromatic nitrogens is 3. The van der Waals surface area contributed by atoms with E-state index < -0.39 is 10.0 Å². The maximum atomic E-state index is 11.5. The Morgan fingerprint density at radius 1 is 1.00 bits per heavy atom. The van der Waals surface area contributed by atoms with Crippen molar-refractivity contribution in [2.75, 3.05) is 5.73 Å². The van der Waals surface area contributed by atoms with E-state index in [1.807, 2.05) is 43.3 Å². The lowest BCUT2D eigenvalue weighted by atomic mass is 10.1. The van der Waals surface area contributed by atoms with Crippen LogP contribution in [0.15, 0.2) is 65.6 Å². The van der Waals surface area contributed by atoms with Gasteiger partial charge in [-0.1, -0.05) is 30.3 Å². The molecule has 0 amide bonds. The number of sulfonamides is 1. The van der Waals surface area contributed by atoms with E-state index in [0.29, 0.717) is 17.2 Å². The number of hydrogen-bond acceptors (Lipinski definition) is 5. The van der Waals surface area contributed by atoms with Crippen molar-refractivity contribution < 1.29 is 8.42 Å². The van der Waals surface area contributed by atoms with Crippen molar-refractivity contribution in [1.82, 2.24) is 14.8 Å². The molecule has 4 rings (SSSR count). The lowest BCUT2D eigenvalue weighted by molar-refractivity contribution is 0.598. The molecule has 8 heteroatoms. The summed E-state index contributed by atoms with van der Waals surface area (Å²) in [5.74, 6) is 0.391. The van der Waals surface area contributed by atoms with Crippen LogP contribution in [0.1, 0.15) is 5.56 Å². The van der Waals surface area contributed by atoms with E-state index in [-0.39, 0.29) is 4.90 Å². The molecule has 0 saturated carbocycles. The highest BCUT2D eigenvalue weighted by Crippen LogP contribution is 2.32. The summed E-state index contributed by atoms with van der Waals surface area (Å²) < 4.78 is 24.7. The van der Waals surface area contributed by atoms with Gasteiger partial charge in [-0.05, 0) is 42.8 Å². The summed E-state index contributed by atoms with van der Waals surface area (Å²) in [4.78, 5) is 4.50. The van der Waals surface area contributed by atoms with Gasteiger partial charge in [0.1, 0.15) is 11.5 Å². The average molecular weight is 379 g/mol. The maximum absolute atomic E-state index is 11.5. The van der Waals surface area contributed by atoms with Crippen LogP contribution in [0.25, 0.3) is 28.0 Å². The number of fused-ring (bicyclic) bond motifs is 1. The van der Waals surface area contributed by atoms with E-state index in [4.69, 9.17) is 16.0 Å². The molecule has 0 aliphatic carbocycles. The number of pyridine rings is 1. The highest BCUT2D eigenvalue weighted by atomic mass is 32.2. The van der Waals surface area contributed by atoms with Gasteiger partial charge in [0.25, 0.3) is 0 Å². The summed E-state index contributed by atoms with van der Waals surface area (Å²) in [6, 6.07) is 17.8. The first kappa shape index (κ1) is 17.2. The molecule has 2 aromatic carbocycles. The van der Waals surface area contributed by atoms with Gasteiger partial charge >= 0.3 is 0 Å². The average Bonchev–Trinajstić information content (AvgIpc) is 3.01. The van der Waals surface area contributed by atoms with Gasteiger partial charge in [-0.3, -0.25) is 0 Å². The Bertz CT molecular complexity index is 1250. The Morgan fingerprint density at radius 3 is 2.30 bits per heavy atom. The summed E-state index contributed by atoms with van der Waals surface area (Å²) in [7, 11) is -3.76. The summed E-state index contributed by atoms with van der Waals surface area (Å²) in [5.41, 5.74) is 9.92. The van der Waals surface area contributed by atoms with Crippen molar-refractivity contribution in [3.05, 3.63) is 66.2 Å². The van der Waals surface area contributed by atoms with Gasteiger partial charge in [-0.15, -0.1) is 0 Å². The van der Waals surface area contributed by atoms with Gasteiger partial charge in [0.05, 0.1) is 16.0 Å². The Hall–Kier alpha value is -3.23. The second-order valence-corrected chi connectivity index (χ2v) is 7.79. The van der Waals surface area contributed by atoms with Crippen LogP contribution >= 0.6 is 0 Å². The predicted molar refractivity (Wildman–Crippen MR) is 105 cm³/mol. The molecule has 0 radical (unpaired) electrons. The predicted octanol–water partition coefficient (Wildman–Crippen LogP) is 2.63. The van der Waals surface area contributed by atoms with Gasteiger partial charge < -0.3 is 5.73 Å². The third-order valence-corrected chi connectivity index (χ3v) is 5.24. The van der Waals surface area contributed by atoms with Gasteiger partial charge in [0, 0.05) is 5.56 Å². The van der Waals surface area contributed by atoms with Crippen molar-refractivity contribution >= 4 is 26.9 Å². The second kappa shape index (κ2) is 6.19. The normalized spacial score (nSPS) is 11.8. The number of hydrogen-bond donors (Lipinski definition) is 2. The topological polar surface area (TPSA) is 117 Å². The van der Waals surface area contributed by atoms with Gasteiger partial charge in [0.2, 0.25) is 10.0 Å². The number of nitrogens with zero attached hydrogens (tertiary/aromatic N) is 3. The van der Waals surface area contributed by atoms with Gasteiger partial charge in [-0.25, -0.2) is 23.2 Å². The van der Waals surface area contributed by atoms with E-state index in [2.05, 4.69) is 4.98 Å². The Labute approximate surface area is 156 Å². The van der Waals surface area contributed by atoms with Crippen LogP contribution in [0.5, 0.6) is 0 Å². The molecule has 4 aromatic rings. The summed E-state index contributed by atoms with van der Waals surface area (Å²) in [6.45, 7) is 1.96. The summed E-state index contributed by atoms with van der Waals surface area (Å²) in [5, 5.41) is 10.8. The van der Waals surface area contributed by atoms with Crippen molar-refractivity contribution in [3.63, 3.8) is 0 Å². The van der Waals surface area contributed by atoms with E-state index >= 15 is 0 Å². The van der Waals surface area contributed by atoms with Crippen molar-refractivity contribution in [1.29, 1.82) is 0 Å². The fraction of sp³-hybridized carbons (Fsp3) is 0.0526.